The number of alkyl halides is 3. The lowest BCUT2D eigenvalue weighted by Gasteiger charge is -2.31. The Morgan fingerprint density at radius 3 is 2.79 bits per heavy atom. The van der Waals surface area contributed by atoms with Crippen molar-refractivity contribution in [1.82, 2.24) is 14.6 Å². The quantitative estimate of drug-likeness (QED) is 0.546. The molecule has 4 rings (SSSR count). The average Bonchev–Trinajstić information content (AvgIpc) is 3.09. The number of nitrogens with zero attached hydrogens (tertiary/aromatic N) is 4. The number of anilines is 1. The number of pyridine rings is 1. The Morgan fingerprint density at radius 2 is 2.03 bits per heavy atom. The molecule has 0 fully saturated rings. The van der Waals surface area contributed by atoms with Gasteiger partial charge in [0.2, 0.25) is 5.91 Å². The zero-order valence-corrected chi connectivity index (χ0v) is 16.9. The highest BCUT2D eigenvalue weighted by Gasteiger charge is 2.33. The van der Waals surface area contributed by atoms with Crippen LogP contribution in [0, 0.1) is 0 Å². The van der Waals surface area contributed by atoms with Crippen molar-refractivity contribution in [1.29, 1.82) is 0 Å². The van der Waals surface area contributed by atoms with Gasteiger partial charge in [-0.1, -0.05) is 41.6 Å². The van der Waals surface area contributed by atoms with Gasteiger partial charge in [0.15, 0.2) is 10.8 Å². The van der Waals surface area contributed by atoms with E-state index >= 15 is 0 Å². The molecule has 0 saturated heterocycles. The molecular formula is C19H16ClF3N4OS. The first-order valence-corrected chi connectivity index (χ1v) is 10.2. The predicted molar refractivity (Wildman–Crippen MR) is 105 cm³/mol. The summed E-state index contributed by atoms with van der Waals surface area (Å²) in [7, 11) is 0. The van der Waals surface area contributed by atoms with Crippen LogP contribution in [0.15, 0.2) is 41.7 Å². The van der Waals surface area contributed by atoms with Crippen LogP contribution in [0.25, 0.3) is 5.65 Å². The maximum Gasteiger partial charge on any atom is 0.417 e. The third kappa shape index (κ3) is 3.81. The van der Waals surface area contributed by atoms with Gasteiger partial charge < -0.3 is 4.90 Å². The first-order chi connectivity index (χ1) is 13.8. The van der Waals surface area contributed by atoms with Crippen LogP contribution in [-0.2, 0) is 17.4 Å². The van der Waals surface area contributed by atoms with Gasteiger partial charge in [-0.25, -0.2) is 0 Å². The minimum Gasteiger partial charge on any atom is -0.311 e. The smallest absolute Gasteiger partial charge is 0.311 e. The Morgan fingerprint density at radius 1 is 1.28 bits per heavy atom. The second-order valence-electron chi connectivity index (χ2n) is 6.73. The number of thioether (sulfide) groups is 1. The molecule has 0 radical (unpaired) electrons. The lowest BCUT2D eigenvalue weighted by molar-refractivity contribution is -0.137. The summed E-state index contributed by atoms with van der Waals surface area (Å²) in [5.74, 6) is -0.128. The molecule has 1 aliphatic heterocycles. The van der Waals surface area contributed by atoms with E-state index in [1.165, 1.54) is 4.40 Å². The number of hydrogen-bond donors (Lipinski definition) is 0. The molecule has 1 aliphatic rings. The van der Waals surface area contributed by atoms with Crippen molar-refractivity contribution in [2.75, 3.05) is 11.4 Å². The number of carbonyl (C=O) groups excluding carboxylic acids is 1. The fraction of sp³-hybridized carbons (Fsp3) is 0.316. The van der Waals surface area contributed by atoms with E-state index in [1.54, 1.807) is 11.8 Å². The summed E-state index contributed by atoms with van der Waals surface area (Å²) >= 11 is 7.01. The Balaban J connectivity index is 1.62. The van der Waals surface area contributed by atoms with Crippen LogP contribution in [0.4, 0.5) is 18.9 Å². The number of aromatic nitrogens is 3. The number of benzene rings is 1. The second-order valence-corrected chi connectivity index (χ2v) is 8.45. The zero-order chi connectivity index (χ0) is 20.8. The minimum absolute atomic E-state index is 0.116. The maximum absolute atomic E-state index is 13.1. The van der Waals surface area contributed by atoms with Crippen LogP contribution >= 0.6 is 23.4 Å². The summed E-state index contributed by atoms with van der Waals surface area (Å²) in [6.07, 6.45) is -1.88. The standard InChI is InChI=1S/C19H16ClF3N4OS/c1-11(17(28)26-8-4-6-12-5-2-3-7-15(12)26)29-18-25-24-16-14(20)9-13(10-27(16)18)19(21,22)23/h2-3,5,7,9-11H,4,6,8H2,1H3/t11-/m0/s1. The van der Waals surface area contributed by atoms with Gasteiger partial charge in [0.25, 0.3) is 0 Å². The molecule has 152 valence electrons. The lowest BCUT2D eigenvalue weighted by atomic mass is 10.0. The van der Waals surface area contributed by atoms with Crippen molar-refractivity contribution < 1.29 is 18.0 Å². The van der Waals surface area contributed by atoms with E-state index in [2.05, 4.69) is 10.2 Å². The van der Waals surface area contributed by atoms with Gasteiger partial charge in [0.1, 0.15) is 0 Å². The summed E-state index contributed by atoms with van der Waals surface area (Å²) in [5, 5.41) is 7.28. The third-order valence-corrected chi connectivity index (χ3v) is 6.08. The molecule has 0 N–H and O–H groups in total. The van der Waals surface area contributed by atoms with Crippen molar-refractivity contribution in [2.45, 2.75) is 36.3 Å². The normalized spacial score (nSPS) is 15.4. The number of carbonyl (C=O) groups is 1. The molecular weight excluding hydrogens is 425 g/mol. The van der Waals surface area contributed by atoms with Gasteiger partial charge in [-0.3, -0.25) is 9.20 Å². The molecule has 10 heteroatoms. The van der Waals surface area contributed by atoms with E-state index in [1.807, 2.05) is 24.3 Å². The molecule has 0 aliphatic carbocycles. The van der Waals surface area contributed by atoms with Gasteiger partial charge in [-0.05, 0) is 37.5 Å². The number of amides is 1. The first kappa shape index (κ1) is 20.0. The van der Waals surface area contributed by atoms with Crippen molar-refractivity contribution in [2.24, 2.45) is 0 Å². The van der Waals surface area contributed by atoms with Gasteiger partial charge in [0, 0.05) is 18.4 Å². The summed E-state index contributed by atoms with van der Waals surface area (Å²) in [5.41, 5.74) is 1.20. The van der Waals surface area contributed by atoms with Crippen molar-refractivity contribution in [3.63, 3.8) is 0 Å². The molecule has 0 saturated carbocycles. The average molecular weight is 441 g/mol. The highest BCUT2D eigenvalue weighted by Crippen LogP contribution is 2.35. The Hall–Kier alpha value is -2.26. The molecule has 1 aromatic carbocycles. The Labute approximate surface area is 173 Å². The van der Waals surface area contributed by atoms with E-state index in [0.29, 0.717) is 6.54 Å². The van der Waals surface area contributed by atoms with E-state index < -0.39 is 17.0 Å². The molecule has 0 spiro atoms. The van der Waals surface area contributed by atoms with Crippen LogP contribution in [0.1, 0.15) is 24.5 Å². The lowest BCUT2D eigenvalue weighted by Crippen LogP contribution is -2.40. The number of hydrogen-bond acceptors (Lipinski definition) is 4. The van der Waals surface area contributed by atoms with Crippen molar-refractivity contribution in [3.8, 4) is 0 Å². The monoisotopic (exact) mass is 440 g/mol. The van der Waals surface area contributed by atoms with Crippen LogP contribution in [0.5, 0.6) is 0 Å². The summed E-state index contributed by atoms with van der Waals surface area (Å²) < 4.78 is 40.6. The van der Waals surface area contributed by atoms with Crippen molar-refractivity contribution in [3.05, 3.63) is 52.7 Å². The third-order valence-electron chi connectivity index (χ3n) is 4.76. The summed E-state index contributed by atoms with van der Waals surface area (Å²) in [6, 6.07) is 8.55. The molecule has 1 atom stereocenters. The molecule has 0 unspecified atom stereocenters. The van der Waals surface area contributed by atoms with Crippen LogP contribution in [0.3, 0.4) is 0 Å². The van der Waals surface area contributed by atoms with Crippen LogP contribution in [0.2, 0.25) is 5.02 Å². The number of halogens is 4. The summed E-state index contributed by atoms with van der Waals surface area (Å²) in [6.45, 7) is 2.31. The molecule has 3 heterocycles. The van der Waals surface area contributed by atoms with Gasteiger partial charge >= 0.3 is 6.18 Å². The first-order valence-electron chi connectivity index (χ1n) is 8.93. The topological polar surface area (TPSA) is 50.5 Å². The predicted octanol–water partition coefficient (Wildman–Crippen LogP) is 4.86. The number of para-hydroxylation sites is 1. The SMILES string of the molecule is C[C@H](Sc1nnc2c(Cl)cc(C(F)(F)F)cn12)C(=O)N1CCCc2ccccc21. The van der Waals surface area contributed by atoms with Crippen molar-refractivity contribution >= 4 is 40.6 Å². The molecule has 29 heavy (non-hydrogen) atoms. The van der Waals surface area contributed by atoms with E-state index in [0.717, 1.165) is 48.1 Å². The molecule has 3 aromatic rings. The van der Waals surface area contributed by atoms with E-state index in [-0.39, 0.29) is 21.7 Å². The summed E-state index contributed by atoms with van der Waals surface area (Å²) in [4.78, 5) is 14.8. The zero-order valence-electron chi connectivity index (χ0n) is 15.3. The molecule has 5 nitrogen and oxygen atoms in total. The Kier molecular flexibility index (Phi) is 5.20. The molecule has 0 bridgehead atoms. The molecule has 1 amide bonds. The van der Waals surface area contributed by atoms with Gasteiger partial charge in [-0.2, -0.15) is 13.2 Å². The number of aryl methyl sites for hydroxylation is 1. The fourth-order valence-electron chi connectivity index (χ4n) is 3.36. The van der Waals surface area contributed by atoms with Crippen LogP contribution < -0.4 is 4.90 Å². The molecule has 2 aromatic heterocycles. The Bertz CT molecular complexity index is 1080. The second kappa shape index (κ2) is 7.53. The maximum atomic E-state index is 13.1. The van der Waals surface area contributed by atoms with Crippen LogP contribution in [-0.4, -0.2) is 32.3 Å². The highest BCUT2D eigenvalue weighted by molar-refractivity contribution is 8.00. The van der Waals surface area contributed by atoms with Gasteiger partial charge in [0.05, 0.1) is 15.8 Å². The minimum atomic E-state index is -4.55. The van der Waals surface area contributed by atoms with E-state index in [9.17, 15) is 18.0 Å². The van der Waals surface area contributed by atoms with E-state index in [4.69, 9.17) is 11.6 Å². The van der Waals surface area contributed by atoms with Gasteiger partial charge in [-0.15, -0.1) is 10.2 Å². The largest absolute Gasteiger partial charge is 0.417 e. The highest BCUT2D eigenvalue weighted by atomic mass is 35.5. The fourth-order valence-corrected chi connectivity index (χ4v) is 4.49. The number of fused-ring (bicyclic) bond motifs is 2. The number of rotatable bonds is 3.